The van der Waals surface area contributed by atoms with Gasteiger partial charge >= 0.3 is 6.03 Å². The fraction of sp³-hybridized carbons (Fsp3) is 0.480. The van der Waals surface area contributed by atoms with Gasteiger partial charge in [-0.15, -0.1) is 0 Å². The van der Waals surface area contributed by atoms with Gasteiger partial charge in [0.1, 0.15) is 0 Å². The van der Waals surface area contributed by atoms with E-state index >= 15 is 0 Å². The third-order valence-electron chi connectivity index (χ3n) is 6.92. The van der Waals surface area contributed by atoms with Crippen LogP contribution >= 0.6 is 0 Å². The second kappa shape index (κ2) is 9.28. The van der Waals surface area contributed by atoms with E-state index in [1.165, 1.54) is 51.7 Å². The molecule has 1 aromatic heterocycles. The molecule has 168 valence electrons. The topological polar surface area (TPSA) is 68.8 Å². The molecule has 3 aliphatic rings. The average molecular weight is 434 g/mol. The Morgan fingerprint density at radius 3 is 2.78 bits per heavy atom. The number of carbonyl (C=O) groups is 2. The minimum Gasteiger partial charge on any atom is -0.324 e. The van der Waals surface area contributed by atoms with Crippen LogP contribution in [0.2, 0.25) is 0 Å². The third kappa shape index (κ3) is 4.21. The molecular formula is C25H31N5O2. The molecule has 0 radical (unpaired) electrons. The Balaban J connectivity index is 1.28. The van der Waals surface area contributed by atoms with Gasteiger partial charge in [0.15, 0.2) is 5.82 Å². The molecule has 2 saturated heterocycles. The molecule has 2 aromatic rings. The first kappa shape index (κ1) is 20.9. The number of likely N-dealkylation sites (tertiary alicyclic amines) is 2. The van der Waals surface area contributed by atoms with E-state index in [1.54, 1.807) is 23.2 Å². The van der Waals surface area contributed by atoms with Gasteiger partial charge < -0.3 is 15.1 Å². The largest absolute Gasteiger partial charge is 0.330 e. The fourth-order valence-corrected chi connectivity index (χ4v) is 5.18. The number of nitrogens with one attached hydrogen (secondary N) is 1. The standard InChI is InChI=1S/C25H31N5O2/c31-24-20-9-7-13-26-23(20)30(22-11-2-1-10-21(22)27-24)25(32)29-17-12-19(18-29)8-3-4-14-28-15-5-6-16-28/h1-2,7,9-11,13,19H,3-6,8,12,14-18H2,(H,27,31). The van der Waals surface area contributed by atoms with Gasteiger partial charge in [0.05, 0.1) is 16.9 Å². The summed E-state index contributed by atoms with van der Waals surface area (Å²) in [6, 6.07) is 10.8. The molecule has 3 amide bonds. The summed E-state index contributed by atoms with van der Waals surface area (Å²) in [5, 5.41) is 2.92. The quantitative estimate of drug-likeness (QED) is 0.706. The van der Waals surface area contributed by atoms with Crippen LogP contribution in [0.4, 0.5) is 22.0 Å². The van der Waals surface area contributed by atoms with E-state index in [4.69, 9.17) is 0 Å². The second-order valence-electron chi connectivity index (χ2n) is 9.11. The summed E-state index contributed by atoms with van der Waals surface area (Å²) in [7, 11) is 0. The maximum Gasteiger partial charge on any atom is 0.330 e. The molecule has 0 spiro atoms. The highest BCUT2D eigenvalue weighted by Crippen LogP contribution is 2.38. The average Bonchev–Trinajstić information content (AvgIpc) is 3.48. The lowest BCUT2D eigenvalue weighted by molar-refractivity contribution is 0.102. The number of para-hydroxylation sites is 2. The van der Waals surface area contributed by atoms with Crippen LogP contribution in [0.1, 0.15) is 48.9 Å². The molecule has 7 nitrogen and oxygen atoms in total. The van der Waals surface area contributed by atoms with Gasteiger partial charge in [-0.3, -0.25) is 4.79 Å². The van der Waals surface area contributed by atoms with Crippen molar-refractivity contribution in [2.75, 3.05) is 42.9 Å². The zero-order valence-corrected chi connectivity index (χ0v) is 18.5. The van der Waals surface area contributed by atoms with Crippen molar-refractivity contribution in [3.8, 4) is 0 Å². The fourth-order valence-electron chi connectivity index (χ4n) is 5.18. The Morgan fingerprint density at radius 1 is 1.06 bits per heavy atom. The number of aromatic nitrogens is 1. The Labute approximate surface area is 189 Å². The van der Waals surface area contributed by atoms with Crippen molar-refractivity contribution in [1.82, 2.24) is 14.8 Å². The molecular weight excluding hydrogens is 402 g/mol. The molecule has 0 bridgehead atoms. The molecule has 1 atom stereocenters. The van der Waals surface area contributed by atoms with E-state index in [9.17, 15) is 9.59 Å². The van der Waals surface area contributed by atoms with Crippen molar-refractivity contribution in [3.05, 3.63) is 48.2 Å². The lowest BCUT2D eigenvalue weighted by Crippen LogP contribution is -2.40. The van der Waals surface area contributed by atoms with E-state index in [0.717, 1.165) is 19.5 Å². The first-order chi connectivity index (χ1) is 15.7. The molecule has 0 saturated carbocycles. The zero-order chi connectivity index (χ0) is 21.9. The summed E-state index contributed by atoms with van der Waals surface area (Å²) >= 11 is 0. The highest BCUT2D eigenvalue weighted by Gasteiger charge is 2.35. The molecule has 3 aliphatic heterocycles. The minimum absolute atomic E-state index is 0.103. The summed E-state index contributed by atoms with van der Waals surface area (Å²) in [5.74, 6) is 0.699. The number of rotatable bonds is 5. The highest BCUT2D eigenvalue weighted by molar-refractivity contribution is 6.16. The van der Waals surface area contributed by atoms with Crippen LogP contribution in [0.3, 0.4) is 0 Å². The van der Waals surface area contributed by atoms with Gasteiger partial charge in [0, 0.05) is 19.3 Å². The van der Waals surface area contributed by atoms with Crippen LogP contribution in [-0.2, 0) is 0 Å². The number of anilines is 3. The molecule has 0 aliphatic carbocycles. The van der Waals surface area contributed by atoms with Crippen molar-refractivity contribution in [2.45, 2.75) is 38.5 Å². The van der Waals surface area contributed by atoms with Gasteiger partial charge in [0.25, 0.3) is 5.91 Å². The van der Waals surface area contributed by atoms with Gasteiger partial charge in [0.2, 0.25) is 0 Å². The molecule has 1 unspecified atom stereocenters. The summed E-state index contributed by atoms with van der Waals surface area (Å²) in [6.45, 7) is 5.25. The predicted molar refractivity (Wildman–Crippen MR) is 125 cm³/mol. The van der Waals surface area contributed by atoms with Gasteiger partial charge in [-0.1, -0.05) is 18.6 Å². The number of hydrogen-bond acceptors (Lipinski definition) is 4. The van der Waals surface area contributed by atoms with E-state index < -0.39 is 0 Å². The Bertz CT molecular complexity index is 988. The van der Waals surface area contributed by atoms with Crippen LogP contribution in [-0.4, -0.2) is 59.4 Å². The van der Waals surface area contributed by atoms with Gasteiger partial charge in [-0.05, 0) is 81.9 Å². The normalized spacial score (nSPS) is 20.6. The molecule has 1 aromatic carbocycles. The smallest absolute Gasteiger partial charge is 0.324 e. The minimum atomic E-state index is -0.242. The Hall–Kier alpha value is -2.93. The number of pyridine rings is 1. The number of hydrogen-bond donors (Lipinski definition) is 1. The Kier molecular flexibility index (Phi) is 6.08. The van der Waals surface area contributed by atoms with E-state index in [0.29, 0.717) is 28.7 Å². The maximum absolute atomic E-state index is 13.7. The highest BCUT2D eigenvalue weighted by atomic mass is 16.2. The molecule has 4 heterocycles. The summed E-state index contributed by atoms with van der Waals surface area (Å²) in [4.78, 5) is 37.0. The van der Waals surface area contributed by atoms with E-state index in [1.807, 2.05) is 29.2 Å². The van der Waals surface area contributed by atoms with Crippen molar-refractivity contribution in [2.24, 2.45) is 5.92 Å². The first-order valence-electron chi connectivity index (χ1n) is 11.9. The van der Waals surface area contributed by atoms with E-state index in [2.05, 4.69) is 15.2 Å². The van der Waals surface area contributed by atoms with Crippen molar-refractivity contribution >= 4 is 29.1 Å². The Morgan fingerprint density at radius 2 is 1.91 bits per heavy atom. The molecule has 7 heteroatoms. The number of urea groups is 1. The van der Waals surface area contributed by atoms with Crippen molar-refractivity contribution in [1.29, 1.82) is 0 Å². The number of amides is 3. The monoisotopic (exact) mass is 433 g/mol. The number of fused-ring (bicyclic) bond motifs is 2. The van der Waals surface area contributed by atoms with Crippen molar-refractivity contribution in [3.63, 3.8) is 0 Å². The second-order valence-corrected chi connectivity index (χ2v) is 9.11. The third-order valence-corrected chi connectivity index (χ3v) is 6.92. The van der Waals surface area contributed by atoms with Crippen molar-refractivity contribution < 1.29 is 9.59 Å². The molecule has 5 rings (SSSR count). The van der Waals surface area contributed by atoms with Crippen LogP contribution in [0.5, 0.6) is 0 Å². The number of nitrogens with zero attached hydrogens (tertiary/aromatic N) is 4. The zero-order valence-electron chi connectivity index (χ0n) is 18.5. The van der Waals surface area contributed by atoms with Crippen LogP contribution in [0, 0.1) is 5.92 Å². The first-order valence-corrected chi connectivity index (χ1v) is 11.9. The predicted octanol–water partition coefficient (Wildman–Crippen LogP) is 4.49. The van der Waals surface area contributed by atoms with E-state index in [-0.39, 0.29) is 11.9 Å². The number of carbonyl (C=O) groups excluding carboxylic acids is 2. The maximum atomic E-state index is 13.7. The van der Waals surface area contributed by atoms with Gasteiger partial charge in [-0.25, -0.2) is 14.7 Å². The van der Waals surface area contributed by atoms with Crippen LogP contribution in [0.15, 0.2) is 42.6 Å². The molecule has 2 fully saturated rings. The summed E-state index contributed by atoms with van der Waals surface area (Å²) < 4.78 is 0. The molecule has 32 heavy (non-hydrogen) atoms. The molecule has 1 N–H and O–H groups in total. The number of unbranched alkanes of at least 4 members (excludes halogenated alkanes) is 1. The van der Waals surface area contributed by atoms with Gasteiger partial charge in [-0.2, -0.15) is 0 Å². The van der Waals surface area contributed by atoms with Crippen LogP contribution in [0.25, 0.3) is 0 Å². The SMILES string of the molecule is O=C1Nc2ccccc2N(C(=O)N2CCC(CCCCN3CCCC3)C2)c2ncccc21. The lowest BCUT2D eigenvalue weighted by Gasteiger charge is -2.28. The summed E-state index contributed by atoms with van der Waals surface area (Å²) in [5.41, 5.74) is 1.70. The lowest BCUT2D eigenvalue weighted by atomic mass is 10.0. The van der Waals surface area contributed by atoms with Crippen LogP contribution < -0.4 is 10.2 Å². The summed E-state index contributed by atoms with van der Waals surface area (Å²) in [6.07, 6.45) is 9.00. The number of benzene rings is 1.